The second kappa shape index (κ2) is 8.28. The van der Waals surface area contributed by atoms with Gasteiger partial charge in [0.25, 0.3) is 0 Å². The van der Waals surface area contributed by atoms with E-state index in [4.69, 9.17) is 16.3 Å². The van der Waals surface area contributed by atoms with Gasteiger partial charge in [-0.2, -0.15) is 0 Å². The van der Waals surface area contributed by atoms with Crippen molar-refractivity contribution in [3.8, 4) is 0 Å². The van der Waals surface area contributed by atoms with Gasteiger partial charge >= 0.3 is 0 Å². The second-order valence-corrected chi connectivity index (χ2v) is 5.29. The summed E-state index contributed by atoms with van der Waals surface area (Å²) in [5.74, 6) is 0.0319. The first-order valence-corrected chi connectivity index (χ1v) is 7.48. The van der Waals surface area contributed by atoms with Crippen LogP contribution in [0.1, 0.15) is 44.0 Å². The van der Waals surface area contributed by atoms with Crippen LogP contribution in [0.4, 0.5) is 5.69 Å². The Morgan fingerprint density at radius 1 is 1.35 bits per heavy atom. The minimum Gasteiger partial charge on any atom is -0.383 e. The number of nitrogens with zero attached hydrogens (tertiary/aromatic N) is 1. The van der Waals surface area contributed by atoms with Crippen LogP contribution in [-0.4, -0.2) is 32.1 Å². The molecule has 0 aliphatic carbocycles. The summed E-state index contributed by atoms with van der Waals surface area (Å²) in [7, 11) is 1.70. The Hall–Kier alpha value is -1.06. The first-order chi connectivity index (χ1) is 9.54. The highest BCUT2D eigenvalue weighted by Gasteiger charge is 2.18. The van der Waals surface area contributed by atoms with Gasteiger partial charge < -0.3 is 9.64 Å². The molecule has 3 nitrogen and oxygen atoms in total. The molecule has 0 aromatic heterocycles. The highest BCUT2D eigenvalue weighted by atomic mass is 35.5. The fourth-order valence-corrected chi connectivity index (χ4v) is 2.67. The maximum atomic E-state index is 11.4. The first kappa shape index (κ1) is 17.0. The number of anilines is 1. The molecule has 0 saturated heterocycles. The van der Waals surface area contributed by atoms with Crippen LogP contribution < -0.4 is 4.90 Å². The Kier molecular flexibility index (Phi) is 7.03. The molecule has 4 heteroatoms. The number of rotatable bonds is 8. The van der Waals surface area contributed by atoms with Crippen LogP contribution in [0.3, 0.4) is 0 Å². The summed E-state index contributed by atoms with van der Waals surface area (Å²) in [6.45, 7) is 7.34. The average molecular weight is 298 g/mol. The molecule has 1 rings (SSSR count). The number of ketones is 1. The number of carbonyl (C=O) groups is 1. The van der Waals surface area contributed by atoms with Gasteiger partial charge in [-0.3, -0.25) is 4.79 Å². The van der Waals surface area contributed by atoms with Crippen molar-refractivity contribution < 1.29 is 9.53 Å². The Bertz CT molecular complexity index is 444. The lowest BCUT2D eigenvalue weighted by Crippen LogP contribution is -2.37. The quantitative estimate of drug-likeness (QED) is 0.674. The molecule has 0 spiro atoms. The molecule has 0 aliphatic rings. The van der Waals surface area contributed by atoms with Crippen molar-refractivity contribution in [2.75, 3.05) is 25.2 Å². The van der Waals surface area contributed by atoms with Crippen molar-refractivity contribution >= 4 is 23.1 Å². The van der Waals surface area contributed by atoms with Crippen LogP contribution >= 0.6 is 11.6 Å². The summed E-state index contributed by atoms with van der Waals surface area (Å²) in [5, 5.41) is 0.626. The lowest BCUT2D eigenvalue weighted by atomic mass is 10.1. The van der Waals surface area contributed by atoms with Crippen molar-refractivity contribution in [1.82, 2.24) is 0 Å². The molecule has 0 fully saturated rings. The van der Waals surface area contributed by atoms with Crippen molar-refractivity contribution in [2.24, 2.45) is 0 Å². The van der Waals surface area contributed by atoms with E-state index in [9.17, 15) is 4.79 Å². The number of hydrogen-bond donors (Lipinski definition) is 0. The number of methoxy groups -OCH3 is 1. The maximum Gasteiger partial charge on any atom is 0.159 e. The van der Waals surface area contributed by atoms with E-state index in [0.717, 1.165) is 25.1 Å². The molecule has 1 aromatic rings. The van der Waals surface area contributed by atoms with Gasteiger partial charge in [0.05, 0.1) is 17.3 Å². The third kappa shape index (κ3) is 4.22. The highest BCUT2D eigenvalue weighted by molar-refractivity contribution is 6.33. The van der Waals surface area contributed by atoms with E-state index in [1.165, 1.54) is 0 Å². The van der Waals surface area contributed by atoms with Gasteiger partial charge in [-0.1, -0.05) is 25.4 Å². The molecule has 0 saturated carbocycles. The van der Waals surface area contributed by atoms with Crippen LogP contribution in [0, 0.1) is 0 Å². The molecule has 1 aromatic carbocycles. The van der Waals surface area contributed by atoms with Gasteiger partial charge in [-0.05, 0) is 38.0 Å². The first-order valence-electron chi connectivity index (χ1n) is 7.11. The summed E-state index contributed by atoms with van der Waals surface area (Å²) in [6, 6.07) is 5.95. The van der Waals surface area contributed by atoms with E-state index in [2.05, 4.69) is 18.7 Å². The van der Waals surface area contributed by atoms with E-state index in [-0.39, 0.29) is 5.78 Å². The smallest absolute Gasteiger partial charge is 0.159 e. The van der Waals surface area contributed by atoms with Gasteiger partial charge in [-0.15, -0.1) is 0 Å². The molecule has 0 radical (unpaired) electrons. The fourth-order valence-electron chi connectivity index (χ4n) is 2.38. The van der Waals surface area contributed by atoms with Crippen LogP contribution in [0.25, 0.3) is 0 Å². The normalized spacial score (nSPS) is 10.9. The predicted molar refractivity (Wildman–Crippen MR) is 85.0 cm³/mol. The average Bonchev–Trinajstić information content (AvgIpc) is 2.43. The van der Waals surface area contributed by atoms with Crippen molar-refractivity contribution in [3.63, 3.8) is 0 Å². The summed E-state index contributed by atoms with van der Waals surface area (Å²) in [6.07, 6.45) is 2.09. The van der Waals surface area contributed by atoms with Crippen LogP contribution in [0.15, 0.2) is 18.2 Å². The zero-order valence-electron chi connectivity index (χ0n) is 12.8. The number of carbonyl (C=O) groups excluding carboxylic acids is 1. The molecule has 0 aliphatic heterocycles. The minimum atomic E-state index is 0.0319. The van der Waals surface area contributed by atoms with Crippen molar-refractivity contribution in [1.29, 1.82) is 0 Å². The molecule has 0 N–H and O–H groups in total. The second-order valence-electron chi connectivity index (χ2n) is 4.88. The van der Waals surface area contributed by atoms with E-state index in [0.29, 0.717) is 23.2 Å². The fraction of sp³-hybridized carbons (Fsp3) is 0.562. The lowest BCUT2D eigenvalue weighted by molar-refractivity contribution is 0.101. The van der Waals surface area contributed by atoms with Crippen LogP contribution in [-0.2, 0) is 4.74 Å². The zero-order valence-corrected chi connectivity index (χ0v) is 13.5. The molecule has 0 bridgehead atoms. The van der Waals surface area contributed by atoms with E-state index >= 15 is 0 Å². The lowest BCUT2D eigenvalue weighted by Gasteiger charge is -2.33. The summed E-state index contributed by atoms with van der Waals surface area (Å²) in [4.78, 5) is 13.7. The summed E-state index contributed by atoms with van der Waals surface area (Å²) in [5.41, 5.74) is 1.62. The Morgan fingerprint density at radius 3 is 2.45 bits per heavy atom. The zero-order chi connectivity index (χ0) is 15.1. The molecule has 112 valence electrons. The standard InChI is InChI=1S/C16H24ClNO2/c1-5-14(6-2)18(9-10-20-4)16-8-7-13(12(3)19)11-15(16)17/h7-8,11,14H,5-6,9-10H2,1-4H3. The molecule has 0 unspecified atom stereocenters. The molecule has 0 amide bonds. The van der Waals surface area contributed by atoms with Gasteiger partial charge in [0.2, 0.25) is 0 Å². The number of hydrogen-bond acceptors (Lipinski definition) is 3. The number of halogens is 1. The largest absolute Gasteiger partial charge is 0.383 e. The molecular weight excluding hydrogens is 274 g/mol. The third-order valence-corrected chi connectivity index (χ3v) is 3.89. The number of benzene rings is 1. The number of Topliss-reactive ketones (excluding diaryl/α,β-unsaturated/α-hetero) is 1. The van der Waals surface area contributed by atoms with E-state index in [1.54, 1.807) is 20.1 Å². The SMILES string of the molecule is CCC(CC)N(CCOC)c1ccc(C(C)=O)cc1Cl. The molecule has 0 heterocycles. The monoisotopic (exact) mass is 297 g/mol. The minimum absolute atomic E-state index is 0.0319. The molecule has 20 heavy (non-hydrogen) atoms. The Balaban J connectivity index is 3.09. The molecule has 0 atom stereocenters. The van der Waals surface area contributed by atoms with Crippen LogP contribution in [0.5, 0.6) is 0 Å². The van der Waals surface area contributed by atoms with E-state index in [1.807, 2.05) is 12.1 Å². The van der Waals surface area contributed by atoms with Gasteiger partial charge in [0.1, 0.15) is 0 Å². The Morgan fingerprint density at radius 2 is 2.00 bits per heavy atom. The van der Waals surface area contributed by atoms with Gasteiger partial charge in [0, 0.05) is 25.3 Å². The van der Waals surface area contributed by atoms with Crippen LogP contribution in [0.2, 0.25) is 5.02 Å². The topological polar surface area (TPSA) is 29.5 Å². The highest BCUT2D eigenvalue weighted by Crippen LogP contribution is 2.30. The summed E-state index contributed by atoms with van der Waals surface area (Å²) >= 11 is 6.37. The third-order valence-electron chi connectivity index (χ3n) is 3.58. The molecular formula is C16H24ClNO2. The predicted octanol–water partition coefficient (Wildman–Crippen LogP) is 4.18. The Labute approximate surface area is 126 Å². The van der Waals surface area contributed by atoms with Gasteiger partial charge in [0.15, 0.2) is 5.78 Å². The van der Waals surface area contributed by atoms with E-state index < -0.39 is 0 Å². The van der Waals surface area contributed by atoms with Gasteiger partial charge in [-0.25, -0.2) is 0 Å². The van der Waals surface area contributed by atoms with Crippen molar-refractivity contribution in [2.45, 2.75) is 39.7 Å². The van der Waals surface area contributed by atoms with Crippen molar-refractivity contribution in [3.05, 3.63) is 28.8 Å². The maximum absolute atomic E-state index is 11.4. The summed E-state index contributed by atoms with van der Waals surface area (Å²) < 4.78 is 5.20. The number of ether oxygens (including phenoxy) is 1.